The van der Waals surface area contributed by atoms with Gasteiger partial charge in [-0.2, -0.15) is 0 Å². The van der Waals surface area contributed by atoms with E-state index in [0.717, 1.165) is 12.1 Å². The number of amides is 1. The van der Waals surface area contributed by atoms with Gasteiger partial charge in [-0.1, -0.05) is 11.6 Å². The summed E-state index contributed by atoms with van der Waals surface area (Å²) in [5.74, 6) is -2.15. The minimum atomic E-state index is -0.992. The molecule has 1 N–H and O–H groups in total. The molecule has 0 saturated heterocycles. The van der Waals surface area contributed by atoms with Crippen LogP contribution in [0.3, 0.4) is 0 Å². The summed E-state index contributed by atoms with van der Waals surface area (Å²) in [5.41, 5.74) is 3.08. The summed E-state index contributed by atoms with van der Waals surface area (Å²) in [6, 6.07) is 1.90. The normalized spacial score (nSPS) is 10.3. The van der Waals surface area contributed by atoms with Crippen molar-refractivity contribution in [1.29, 1.82) is 0 Å². The van der Waals surface area contributed by atoms with Crippen molar-refractivity contribution in [2.45, 2.75) is 13.5 Å². The Morgan fingerprint density at radius 3 is 2.56 bits per heavy atom. The second-order valence-electron chi connectivity index (χ2n) is 3.27. The van der Waals surface area contributed by atoms with Gasteiger partial charge in [-0.25, -0.2) is 14.2 Å². The largest absolute Gasteiger partial charge is 0.281 e. The van der Waals surface area contributed by atoms with Gasteiger partial charge in [0.15, 0.2) is 11.6 Å². The summed E-state index contributed by atoms with van der Waals surface area (Å²) >= 11 is 5.71. The number of benzene rings is 1. The average Bonchev–Trinajstić information content (AvgIpc) is 2.20. The van der Waals surface area contributed by atoms with Gasteiger partial charge in [0, 0.05) is 25.5 Å². The Morgan fingerprint density at radius 1 is 1.44 bits per heavy atom. The van der Waals surface area contributed by atoms with Gasteiger partial charge in [0.1, 0.15) is 0 Å². The Morgan fingerprint density at radius 2 is 2.00 bits per heavy atom. The van der Waals surface area contributed by atoms with E-state index in [4.69, 9.17) is 11.6 Å². The maximum Gasteiger partial charge on any atom is 0.233 e. The van der Waals surface area contributed by atoms with Crippen LogP contribution in [-0.2, 0) is 11.3 Å². The molecule has 0 atom stereocenters. The molecule has 0 unspecified atom stereocenters. The van der Waals surface area contributed by atoms with E-state index in [1.165, 1.54) is 19.0 Å². The Bertz CT molecular complexity index is 412. The van der Waals surface area contributed by atoms with Gasteiger partial charge < -0.3 is 0 Å². The molecule has 0 saturated carbocycles. The summed E-state index contributed by atoms with van der Waals surface area (Å²) < 4.78 is 25.6. The van der Waals surface area contributed by atoms with Crippen molar-refractivity contribution < 1.29 is 13.6 Å². The molecule has 0 aromatic heterocycles. The monoisotopic (exact) mass is 248 g/mol. The number of carbonyl (C=O) groups is 1. The van der Waals surface area contributed by atoms with Crippen molar-refractivity contribution in [3.8, 4) is 0 Å². The van der Waals surface area contributed by atoms with E-state index >= 15 is 0 Å². The Labute approximate surface area is 97.0 Å². The first-order valence-electron chi connectivity index (χ1n) is 4.53. The molecule has 0 aliphatic rings. The standard InChI is InChI=1S/C10H11ClF2N2O/c1-6(16)15(2)14-5-7-3-9(12)10(13)4-8(7)11/h3-4,14H,5H2,1-2H3. The van der Waals surface area contributed by atoms with Crippen molar-refractivity contribution >= 4 is 17.5 Å². The first-order chi connectivity index (χ1) is 7.41. The van der Waals surface area contributed by atoms with Gasteiger partial charge in [-0.15, -0.1) is 0 Å². The Balaban J connectivity index is 2.74. The molecule has 0 heterocycles. The zero-order valence-electron chi connectivity index (χ0n) is 8.85. The maximum atomic E-state index is 12.9. The van der Waals surface area contributed by atoms with E-state index in [1.54, 1.807) is 0 Å². The summed E-state index contributed by atoms with van der Waals surface area (Å²) in [6.45, 7) is 1.52. The summed E-state index contributed by atoms with van der Waals surface area (Å²) in [6.07, 6.45) is 0. The number of carbonyl (C=O) groups excluding carboxylic acids is 1. The SMILES string of the molecule is CC(=O)N(C)NCc1cc(F)c(F)cc1Cl. The minimum absolute atomic E-state index is 0.114. The highest BCUT2D eigenvalue weighted by molar-refractivity contribution is 6.31. The van der Waals surface area contributed by atoms with Crippen LogP contribution in [0.2, 0.25) is 5.02 Å². The van der Waals surface area contributed by atoms with Gasteiger partial charge in [0.25, 0.3) is 0 Å². The third kappa shape index (κ3) is 3.15. The molecule has 1 aromatic rings. The fourth-order valence-electron chi connectivity index (χ4n) is 1.01. The van der Waals surface area contributed by atoms with Crippen LogP contribution < -0.4 is 5.43 Å². The second kappa shape index (κ2) is 5.23. The number of hydrogen-bond donors (Lipinski definition) is 1. The molecule has 0 aliphatic heterocycles. The van der Waals surface area contributed by atoms with Crippen LogP contribution >= 0.6 is 11.6 Å². The molecule has 1 aromatic carbocycles. The van der Waals surface area contributed by atoms with Crippen LogP contribution in [0.4, 0.5) is 8.78 Å². The molecule has 16 heavy (non-hydrogen) atoms. The topological polar surface area (TPSA) is 32.3 Å². The van der Waals surface area contributed by atoms with Crippen LogP contribution in [0, 0.1) is 11.6 Å². The molecule has 3 nitrogen and oxygen atoms in total. The van der Waals surface area contributed by atoms with E-state index in [-0.39, 0.29) is 17.5 Å². The number of hydrazine groups is 1. The van der Waals surface area contributed by atoms with Gasteiger partial charge in [0.2, 0.25) is 5.91 Å². The molecule has 1 rings (SSSR count). The average molecular weight is 249 g/mol. The molecule has 0 bridgehead atoms. The fourth-order valence-corrected chi connectivity index (χ4v) is 1.23. The Kier molecular flexibility index (Phi) is 4.20. The van der Waals surface area contributed by atoms with Crippen LogP contribution in [0.15, 0.2) is 12.1 Å². The van der Waals surface area contributed by atoms with Gasteiger partial charge in [-0.05, 0) is 17.7 Å². The Hall–Kier alpha value is -1.20. The van der Waals surface area contributed by atoms with Gasteiger partial charge in [0.05, 0.1) is 0 Å². The maximum absolute atomic E-state index is 12.9. The highest BCUT2D eigenvalue weighted by atomic mass is 35.5. The summed E-state index contributed by atoms with van der Waals surface area (Å²) in [7, 11) is 1.52. The number of halogens is 3. The smallest absolute Gasteiger partial charge is 0.233 e. The van der Waals surface area contributed by atoms with E-state index in [0.29, 0.717) is 5.56 Å². The van der Waals surface area contributed by atoms with Crippen molar-refractivity contribution in [1.82, 2.24) is 10.4 Å². The summed E-state index contributed by atoms with van der Waals surface area (Å²) in [4.78, 5) is 10.9. The zero-order chi connectivity index (χ0) is 12.3. The first kappa shape index (κ1) is 12.9. The molecule has 6 heteroatoms. The zero-order valence-corrected chi connectivity index (χ0v) is 9.61. The fraction of sp³-hybridized carbons (Fsp3) is 0.300. The minimum Gasteiger partial charge on any atom is -0.281 e. The quantitative estimate of drug-likeness (QED) is 0.656. The number of hydrogen-bond acceptors (Lipinski definition) is 2. The summed E-state index contributed by atoms with van der Waals surface area (Å²) in [5, 5.41) is 1.35. The molecule has 0 spiro atoms. The van der Waals surface area contributed by atoms with Crippen molar-refractivity contribution in [3.05, 3.63) is 34.4 Å². The van der Waals surface area contributed by atoms with Crippen molar-refractivity contribution in [2.24, 2.45) is 0 Å². The second-order valence-corrected chi connectivity index (χ2v) is 3.68. The first-order valence-corrected chi connectivity index (χ1v) is 4.91. The lowest BCUT2D eigenvalue weighted by Crippen LogP contribution is -2.37. The van der Waals surface area contributed by atoms with E-state index < -0.39 is 11.6 Å². The molecule has 1 amide bonds. The van der Waals surface area contributed by atoms with Crippen LogP contribution in [0.25, 0.3) is 0 Å². The van der Waals surface area contributed by atoms with E-state index in [9.17, 15) is 13.6 Å². The van der Waals surface area contributed by atoms with Crippen LogP contribution in [0.5, 0.6) is 0 Å². The third-order valence-corrected chi connectivity index (χ3v) is 2.42. The van der Waals surface area contributed by atoms with E-state index in [2.05, 4.69) is 5.43 Å². The van der Waals surface area contributed by atoms with E-state index in [1.807, 2.05) is 0 Å². The lowest BCUT2D eigenvalue weighted by Gasteiger charge is -2.16. The lowest BCUT2D eigenvalue weighted by atomic mass is 10.2. The lowest BCUT2D eigenvalue weighted by molar-refractivity contribution is -0.130. The number of nitrogens with one attached hydrogen (secondary N) is 1. The van der Waals surface area contributed by atoms with Crippen LogP contribution in [0.1, 0.15) is 12.5 Å². The molecular weight excluding hydrogens is 238 g/mol. The predicted molar refractivity (Wildman–Crippen MR) is 56.7 cm³/mol. The number of nitrogens with zero attached hydrogens (tertiary/aromatic N) is 1. The number of rotatable bonds is 3. The molecule has 88 valence electrons. The molecule has 0 fully saturated rings. The molecular formula is C10H11ClF2N2O. The van der Waals surface area contributed by atoms with Gasteiger partial charge in [-0.3, -0.25) is 9.80 Å². The van der Waals surface area contributed by atoms with Crippen molar-refractivity contribution in [3.63, 3.8) is 0 Å². The van der Waals surface area contributed by atoms with Crippen LogP contribution in [-0.4, -0.2) is 18.0 Å². The molecule has 0 aliphatic carbocycles. The van der Waals surface area contributed by atoms with Crippen molar-refractivity contribution in [2.75, 3.05) is 7.05 Å². The van der Waals surface area contributed by atoms with Gasteiger partial charge >= 0.3 is 0 Å². The third-order valence-electron chi connectivity index (χ3n) is 2.07. The highest BCUT2D eigenvalue weighted by Crippen LogP contribution is 2.19. The highest BCUT2D eigenvalue weighted by Gasteiger charge is 2.09. The predicted octanol–water partition coefficient (Wildman–Crippen LogP) is 2.10. The molecule has 0 radical (unpaired) electrons.